The zero-order valence-corrected chi connectivity index (χ0v) is 18.5. The summed E-state index contributed by atoms with van der Waals surface area (Å²) in [6.07, 6.45) is 0.181. The number of fused-ring (bicyclic) bond motifs is 1. The molecule has 1 fully saturated rings. The van der Waals surface area contributed by atoms with Crippen LogP contribution in [-0.2, 0) is 10.5 Å². The van der Waals surface area contributed by atoms with Gasteiger partial charge in [-0.1, -0.05) is 24.3 Å². The van der Waals surface area contributed by atoms with Gasteiger partial charge in [0.2, 0.25) is 5.91 Å². The maximum Gasteiger partial charge on any atom is 0.231 e. The van der Waals surface area contributed by atoms with Gasteiger partial charge in [-0.3, -0.25) is 9.69 Å². The normalized spacial score (nSPS) is 23.0. The highest BCUT2D eigenvalue weighted by molar-refractivity contribution is 8.03. The number of rotatable bonds is 5. The fraction of sp³-hybridized carbons (Fsp3) is 0.333. The number of amides is 1. The molecule has 7 heteroatoms. The predicted octanol–water partition coefficient (Wildman–Crippen LogP) is 4.13. The predicted molar refractivity (Wildman–Crippen MR) is 118 cm³/mol. The van der Waals surface area contributed by atoms with E-state index in [2.05, 4.69) is 6.07 Å². The number of nitrogens with zero attached hydrogens (tertiary/aromatic N) is 2. The molecule has 160 valence electrons. The van der Waals surface area contributed by atoms with Crippen molar-refractivity contribution < 1.29 is 19.4 Å². The second kappa shape index (κ2) is 8.29. The second-order valence-electron chi connectivity index (χ2n) is 7.89. The molecule has 4 rings (SSSR count). The van der Waals surface area contributed by atoms with Crippen molar-refractivity contribution in [3.63, 3.8) is 0 Å². The maximum absolute atomic E-state index is 13.2. The van der Waals surface area contributed by atoms with Gasteiger partial charge in [-0.25, -0.2) is 0 Å². The number of hydrogen-bond acceptors (Lipinski definition) is 6. The lowest BCUT2D eigenvalue weighted by atomic mass is 9.85. The number of carbonyl (C=O) groups is 1. The molecule has 1 saturated heterocycles. The summed E-state index contributed by atoms with van der Waals surface area (Å²) in [6, 6.07) is 16.9. The lowest BCUT2D eigenvalue weighted by molar-refractivity contribution is -0.149. The van der Waals surface area contributed by atoms with E-state index in [1.807, 2.05) is 38.1 Å². The Bertz CT molecular complexity index is 1070. The SMILES string of the molecule is COc1cccc(C2(O)CSC3=C(C#N)C(c4ccc(OC(C)C)cc4)CC(=O)N32)c1. The average molecular weight is 437 g/mol. The van der Waals surface area contributed by atoms with Crippen molar-refractivity contribution in [1.82, 2.24) is 4.90 Å². The van der Waals surface area contributed by atoms with Gasteiger partial charge in [0.1, 0.15) is 11.5 Å². The van der Waals surface area contributed by atoms with Gasteiger partial charge in [0, 0.05) is 17.9 Å². The highest BCUT2D eigenvalue weighted by Crippen LogP contribution is 2.52. The first kappa shape index (κ1) is 21.3. The summed E-state index contributed by atoms with van der Waals surface area (Å²) < 4.78 is 11.0. The van der Waals surface area contributed by atoms with Crippen LogP contribution in [-0.4, -0.2) is 34.9 Å². The molecule has 31 heavy (non-hydrogen) atoms. The van der Waals surface area contributed by atoms with Crippen molar-refractivity contribution in [2.24, 2.45) is 0 Å². The highest BCUT2D eigenvalue weighted by atomic mass is 32.2. The van der Waals surface area contributed by atoms with Crippen molar-refractivity contribution in [3.8, 4) is 17.6 Å². The number of methoxy groups -OCH3 is 1. The van der Waals surface area contributed by atoms with Gasteiger partial charge in [0.05, 0.1) is 35.6 Å². The van der Waals surface area contributed by atoms with E-state index < -0.39 is 5.72 Å². The maximum atomic E-state index is 13.2. The zero-order valence-electron chi connectivity index (χ0n) is 17.7. The quantitative estimate of drug-likeness (QED) is 0.759. The van der Waals surface area contributed by atoms with Crippen LogP contribution in [0.5, 0.6) is 11.5 Å². The van der Waals surface area contributed by atoms with Gasteiger partial charge in [0.15, 0.2) is 5.72 Å². The van der Waals surface area contributed by atoms with Crippen LogP contribution in [0.4, 0.5) is 0 Å². The highest BCUT2D eigenvalue weighted by Gasteiger charge is 2.51. The van der Waals surface area contributed by atoms with Gasteiger partial charge in [0.25, 0.3) is 0 Å². The van der Waals surface area contributed by atoms with Crippen LogP contribution in [0.25, 0.3) is 0 Å². The molecule has 0 aliphatic carbocycles. The Labute approximate surface area is 186 Å². The third-order valence-corrected chi connectivity index (χ3v) is 6.72. The van der Waals surface area contributed by atoms with Crippen LogP contribution in [0, 0.1) is 11.3 Å². The van der Waals surface area contributed by atoms with Crippen LogP contribution >= 0.6 is 11.8 Å². The van der Waals surface area contributed by atoms with Crippen LogP contribution in [0.2, 0.25) is 0 Å². The van der Waals surface area contributed by atoms with Crippen LogP contribution < -0.4 is 9.47 Å². The Hall–Kier alpha value is -2.95. The van der Waals surface area contributed by atoms with E-state index in [1.54, 1.807) is 31.4 Å². The lowest BCUT2D eigenvalue weighted by Gasteiger charge is -2.38. The number of hydrogen-bond donors (Lipinski definition) is 1. The Balaban J connectivity index is 1.71. The number of benzene rings is 2. The fourth-order valence-electron chi connectivity index (χ4n) is 4.05. The second-order valence-corrected chi connectivity index (χ2v) is 8.85. The van der Waals surface area contributed by atoms with E-state index >= 15 is 0 Å². The number of allylic oxidation sites excluding steroid dienone is 1. The standard InChI is InChI=1S/C24H24N2O4S/c1-15(2)30-18-9-7-16(8-10-18)20-12-22(27)26-23(21(20)13-25)31-14-24(26,28)17-5-4-6-19(11-17)29-3/h4-11,15,20,28H,12,14H2,1-3H3. The van der Waals surface area contributed by atoms with Gasteiger partial charge in [-0.15, -0.1) is 11.8 Å². The third kappa shape index (κ3) is 3.78. The summed E-state index contributed by atoms with van der Waals surface area (Å²) in [6.45, 7) is 3.92. The summed E-state index contributed by atoms with van der Waals surface area (Å²) >= 11 is 1.33. The molecule has 0 spiro atoms. The molecule has 2 atom stereocenters. The van der Waals surface area contributed by atoms with Gasteiger partial charge in [-0.05, 0) is 43.7 Å². The molecule has 2 heterocycles. The van der Waals surface area contributed by atoms with E-state index in [9.17, 15) is 15.2 Å². The molecule has 2 unspecified atom stereocenters. The number of thioether (sulfide) groups is 1. The average Bonchev–Trinajstić information content (AvgIpc) is 3.13. The summed E-state index contributed by atoms with van der Waals surface area (Å²) in [5.74, 6) is 1.03. The third-order valence-electron chi connectivity index (χ3n) is 5.50. The minimum Gasteiger partial charge on any atom is -0.497 e. The Morgan fingerprint density at radius 1 is 1.23 bits per heavy atom. The van der Waals surface area contributed by atoms with Crippen LogP contribution in [0.3, 0.4) is 0 Å². The number of nitriles is 1. The Morgan fingerprint density at radius 2 is 1.97 bits per heavy atom. The van der Waals surface area contributed by atoms with Crippen molar-refractivity contribution in [1.29, 1.82) is 5.26 Å². The monoisotopic (exact) mass is 436 g/mol. The van der Waals surface area contributed by atoms with E-state index in [0.717, 1.165) is 11.3 Å². The first-order valence-corrected chi connectivity index (χ1v) is 11.1. The molecule has 0 saturated carbocycles. The van der Waals surface area contributed by atoms with Crippen LogP contribution in [0.1, 0.15) is 37.3 Å². The minimum atomic E-state index is -1.52. The minimum absolute atomic E-state index is 0.0663. The molecule has 0 bridgehead atoms. The molecule has 1 N–H and O–H groups in total. The molecule has 2 aromatic carbocycles. The zero-order chi connectivity index (χ0) is 22.2. The Kier molecular flexibility index (Phi) is 5.69. The molecule has 2 aliphatic heterocycles. The fourth-order valence-corrected chi connectivity index (χ4v) is 5.41. The largest absolute Gasteiger partial charge is 0.497 e. The summed E-state index contributed by atoms with van der Waals surface area (Å²) in [7, 11) is 1.56. The topological polar surface area (TPSA) is 82.8 Å². The molecular weight excluding hydrogens is 412 g/mol. The van der Waals surface area contributed by atoms with E-state index in [-0.39, 0.29) is 30.1 Å². The lowest BCUT2D eigenvalue weighted by Crippen LogP contribution is -2.48. The van der Waals surface area contributed by atoms with E-state index in [4.69, 9.17) is 9.47 Å². The van der Waals surface area contributed by atoms with Crippen LogP contribution in [0.15, 0.2) is 59.1 Å². The van der Waals surface area contributed by atoms with Gasteiger partial charge in [-0.2, -0.15) is 5.26 Å². The smallest absolute Gasteiger partial charge is 0.231 e. The molecule has 6 nitrogen and oxygen atoms in total. The number of aliphatic hydroxyl groups is 1. The van der Waals surface area contributed by atoms with Crippen molar-refractivity contribution in [2.75, 3.05) is 12.9 Å². The van der Waals surface area contributed by atoms with Crippen molar-refractivity contribution in [3.05, 3.63) is 70.3 Å². The molecule has 2 aromatic rings. The van der Waals surface area contributed by atoms with Gasteiger partial charge >= 0.3 is 0 Å². The first-order chi connectivity index (χ1) is 14.9. The van der Waals surface area contributed by atoms with Crippen molar-refractivity contribution >= 4 is 17.7 Å². The summed E-state index contributed by atoms with van der Waals surface area (Å²) in [5.41, 5.74) is 0.424. The summed E-state index contributed by atoms with van der Waals surface area (Å²) in [5, 5.41) is 22.0. The summed E-state index contributed by atoms with van der Waals surface area (Å²) in [4.78, 5) is 14.6. The van der Waals surface area contributed by atoms with Gasteiger partial charge < -0.3 is 14.6 Å². The number of carbonyl (C=O) groups excluding carboxylic acids is 1. The molecule has 2 aliphatic rings. The number of ether oxygens (including phenoxy) is 2. The molecule has 0 radical (unpaired) electrons. The first-order valence-electron chi connectivity index (χ1n) is 10.1. The molecular formula is C24H24N2O4S. The van der Waals surface area contributed by atoms with Crippen molar-refractivity contribution in [2.45, 2.75) is 38.0 Å². The van der Waals surface area contributed by atoms with E-state index in [0.29, 0.717) is 21.9 Å². The molecule has 0 aromatic heterocycles. The van der Waals surface area contributed by atoms with E-state index in [1.165, 1.54) is 16.7 Å². The Morgan fingerprint density at radius 3 is 2.61 bits per heavy atom. The molecule has 1 amide bonds.